The van der Waals surface area contributed by atoms with Gasteiger partial charge in [0, 0.05) is 0 Å². The van der Waals surface area contributed by atoms with Gasteiger partial charge < -0.3 is 5.11 Å². The van der Waals surface area contributed by atoms with E-state index in [4.69, 9.17) is 0 Å². The van der Waals surface area contributed by atoms with Crippen LogP contribution in [0, 0.1) is 10.8 Å². The maximum atomic E-state index is 10.6. The summed E-state index contributed by atoms with van der Waals surface area (Å²) in [4.78, 5) is 0. The Hall–Kier alpha value is -0.0800. The third kappa shape index (κ3) is 2.28. The molecular weight excluding hydrogens is 264 g/mol. The van der Waals surface area contributed by atoms with E-state index < -0.39 is 6.10 Å². The van der Waals surface area contributed by atoms with Gasteiger partial charge in [0.1, 0.15) is 0 Å². The maximum Gasteiger partial charge on any atom is 0.0951 e. The highest BCUT2D eigenvalue weighted by atomic mass is 79.9. The van der Waals surface area contributed by atoms with Crippen LogP contribution in [-0.2, 0) is 0 Å². The van der Waals surface area contributed by atoms with Gasteiger partial charge in [0.05, 0.1) is 10.4 Å². The third-order valence-electron chi connectivity index (χ3n) is 3.32. The molecule has 0 bridgehead atoms. The molecule has 0 aromatic carbocycles. The number of aliphatic hydroxyl groups excluding tert-OH is 1. The first-order valence-electron chi connectivity index (χ1n) is 5.77. The lowest BCUT2D eigenvalue weighted by Gasteiger charge is -2.46. The minimum atomic E-state index is -0.475. The molecule has 1 aliphatic rings. The molecule has 0 heterocycles. The van der Waals surface area contributed by atoms with E-state index in [0.29, 0.717) is 0 Å². The lowest BCUT2D eigenvalue weighted by molar-refractivity contribution is 0.108. The molecule has 0 saturated heterocycles. The fraction of sp³-hybridized carbons (Fsp3) is 0.714. The van der Waals surface area contributed by atoms with Gasteiger partial charge in [0.15, 0.2) is 0 Å². The van der Waals surface area contributed by atoms with Crippen molar-refractivity contribution in [3.8, 4) is 0 Å². The number of hydrogen-bond donors (Lipinski definition) is 1. The highest BCUT2D eigenvalue weighted by Gasteiger charge is 2.47. The van der Waals surface area contributed by atoms with Crippen LogP contribution in [0.15, 0.2) is 23.8 Å². The second-order valence-electron chi connectivity index (χ2n) is 6.65. The summed E-state index contributed by atoms with van der Waals surface area (Å²) in [6.45, 7) is 12.8. The second-order valence-corrected chi connectivity index (χ2v) is 7.96. The summed E-state index contributed by atoms with van der Waals surface area (Å²) >= 11 is 3.74. The summed E-state index contributed by atoms with van der Waals surface area (Å²) in [6.07, 6.45) is 5.67. The van der Waals surface area contributed by atoms with Crippen LogP contribution in [0.5, 0.6) is 0 Å². The molecule has 92 valence electrons. The Morgan fingerprint density at radius 3 is 2.06 bits per heavy atom. The van der Waals surface area contributed by atoms with E-state index in [0.717, 1.165) is 5.57 Å². The summed E-state index contributed by atoms with van der Waals surface area (Å²) in [5.41, 5.74) is 1.05. The van der Waals surface area contributed by atoms with Gasteiger partial charge in [-0.25, -0.2) is 0 Å². The van der Waals surface area contributed by atoms with Crippen molar-refractivity contribution in [2.24, 2.45) is 10.8 Å². The molecule has 2 unspecified atom stereocenters. The fourth-order valence-electron chi connectivity index (χ4n) is 2.02. The summed E-state index contributed by atoms with van der Waals surface area (Å²) in [5, 5.41) is 10.6. The van der Waals surface area contributed by atoms with Crippen LogP contribution >= 0.6 is 15.9 Å². The van der Waals surface area contributed by atoms with Crippen molar-refractivity contribution in [1.29, 1.82) is 0 Å². The molecule has 0 aromatic heterocycles. The zero-order valence-corrected chi connectivity index (χ0v) is 12.7. The van der Waals surface area contributed by atoms with E-state index >= 15 is 0 Å². The minimum absolute atomic E-state index is 0.00551. The zero-order valence-electron chi connectivity index (χ0n) is 11.1. The third-order valence-corrected chi connectivity index (χ3v) is 5.21. The fourth-order valence-corrected chi connectivity index (χ4v) is 2.42. The molecule has 0 amide bonds. The summed E-state index contributed by atoms with van der Waals surface area (Å²) in [5.74, 6) is 0. The topological polar surface area (TPSA) is 20.2 Å². The smallest absolute Gasteiger partial charge is 0.0951 e. The monoisotopic (exact) mass is 286 g/mol. The molecule has 2 heteroatoms. The van der Waals surface area contributed by atoms with Crippen molar-refractivity contribution in [2.75, 3.05) is 0 Å². The van der Waals surface area contributed by atoms with Gasteiger partial charge in [0.25, 0.3) is 0 Å². The number of aliphatic hydroxyl groups is 1. The van der Waals surface area contributed by atoms with Gasteiger partial charge in [-0.1, -0.05) is 75.7 Å². The number of rotatable bonds is 0. The Labute approximate surface area is 108 Å². The quantitative estimate of drug-likeness (QED) is 0.666. The van der Waals surface area contributed by atoms with Gasteiger partial charge in [0.2, 0.25) is 0 Å². The Balaban J connectivity index is 3.18. The maximum absolute atomic E-state index is 10.6. The van der Waals surface area contributed by atoms with Gasteiger partial charge in [-0.2, -0.15) is 0 Å². The Morgan fingerprint density at radius 1 is 1.19 bits per heavy atom. The number of alkyl halides is 1. The largest absolute Gasteiger partial charge is 0.387 e. The van der Waals surface area contributed by atoms with Gasteiger partial charge in [-0.3, -0.25) is 0 Å². The van der Waals surface area contributed by atoms with Crippen LogP contribution in [0.4, 0.5) is 0 Å². The molecule has 1 nitrogen and oxygen atoms in total. The standard InChI is InChI=1S/C14H23BrO/c1-12(2,3)10-8-7-9-14(15,11(10)16)13(4,5)6/h7-9,11,16H,1-6H3. The van der Waals surface area contributed by atoms with Crippen LogP contribution in [0.25, 0.3) is 0 Å². The molecule has 1 N–H and O–H groups in total. The van der Waals surface area contributed by atoms with E-state index in [1.54, 1.807) is 0 Å². The summed E-state index contributed by atoms with van der Waals surface area (Å²) in [6, 6.07) is 0. The molecule has 1 rings (SSSR count). The molecule has 1 aliphatic carbocycles. The van der Waals surface area contributed by atoms with E-state index in [1.165, 1.54) is 0 Å². The Morgan fingerprint density at radius 2 is 1.69 bits per heavy atom. The summed E-state index contributed by atoms with van der Waals surface area (Å²) < 4.78 is -0.378. The molecular formula is C14H23BrO. The van der Waals surface area contributed by atoms with Crippen LogP contribution in [-0.4, -0.2) is 15.5 Å². The molecule has 0 saturated carbocycles. The number of allylic oxidation sites excluding steroid dienone is 2. The summed E-state index contributed by atoms with van der Waals surface area (Å²) in [7, 11) is 0. The van der Waals surface area contributed by atoms with Crippen molar-refractivity contribution in [2.45, 2.75) is 52.0 Å². The molecule has 0 aliphatic heterocycles. The SMILES string of the molecule is CC(C)(C)C1=CC=CC(Br)(C(C)(C)C)C1O. The van der Waals surface area contributed by atoms with Crippen LogP contribution < -0.4 is 0 Å². The Bertz CT molecular complexity index is 328. The molecule has 16 heavy (non-hydrogen) atoms. The normalized spacial score (nSPS) is 31.5. The van der Waals surface area contributed by atoms with E-state index in [2.05, 4.69) is 63.5 Å². The lowest BCUT2D eigenvalue weighted by Crippen LogP contribution is -2.49. The lowest BCUT2D eigenvalue weighted by atomic mass is 9.68. The molecule has 0 spiro atoms. The zero-order chi connectivity index (χ0) is 12.8. The molecule has 0 radical (unpaired) electrons. The van der Waals surface area contributed by atoms with Crippen molar-refractivity contribution >= 4 is 15.9 Å². The van der Waals surface area contributed by atoms with Gasteiger partial charge in [-0.05, 0) is 16.4 Å². The predicted molar refractivity (Wildman–Crippen MR) is 73.8 cm³/mol. The predicted octanol–water partition coefficient (Wildman–Crippen LogP) is 4.07. The highest BCUT2D eigenvalue weighted by Crippen LogP contribution is 2.48. The van der Waals surface area contributed by atoms with Crippen LogP contribution in [0.2, 0.25) is 0 Å². The van der Waals surface area contributed by atoms with Crippen molar-refractivity contribution in [3.63, 3.8) is 0 Å². The van der Waals surface area contributed by atoms with Crippen LogP contribution in [0.1, 0.15) is 41.5 Å². The van der Waals surface area contributed by atoms with Gasteiger partial charge in [-0.15, -0.1) is 0 Å². The first-order valence-corrected chi connectivity index (χ1v) is 6.56. The number of halogens is 1. The average Bonchev–Trinajstić information content (AvgIpc) is 2.05. The highest BCUT2D eigenvalue weighted by molar-refractivity contribution is 9.10. The average molecular weight is 287 g/mol. The van der Waals surface area contributed by atoms with E-state index in [9.17, 15) is 5.11 Å². The molecule has 2 atom stereocenters. The van der Waals surface area contributed by atoms with Crippen molar-refractivity contribution in [3.05, 3.63) is 23.8 Å². The number of hydrogen-bond acceptors (Lipinski definition) is 1. The van der Waals surface area contributed by atoms with Crippen molar-refractivity contribution in [1.82, 2.24) is 0 Å². The Kier molecular flexibility index (Phi) is 3.49. The van der Waals surface area contributed by atoms with E-state index in [1.807, 2.05) is 12.2 Å². The molecule has 0 aromatic rings. The first kappa shape index (κ1) is 14.0. The van der Waals surface area contributed by atoms with Crippen LogP contribution in [0.3, 0.4) is 0 Å². The first-order chi connectivity index (χ1) is 7.00. The molecule has 0 fully saturated rings. The van der Waals surface area contributed by atoms with E-state index in [-0.39, 0.29) is 15.2 Å². The minimum Gasteiger partial charge on any atom is -0.387 e. The van der Waals surface area contributed by atoms with Gasteiger partial charge >= 0.3 is 0 Å². The van der Waals surface area contributed by atoms with Crippen molar-refractivity contribution < 1.29 is 5.11 Å². The second kappa shape index (κ2) is 3.99.